The molecule has 1 heterocycles. The van der Waals surface area contributed by atoms with Crippen LogP contribution in [0.1, 0.15) is 0 Å². The van der Waals surface area contributed by atoms with Crippen LogP contribution in [0.4, 0.5) is 0 Å². The Balaban J connectivity index is 2.68. The van der Waals surface area contributed by atoms with Crippen LogP contribution in [-0.2, 0) is 4.79 Å². The summed E-state index contributed by atoms with van der Waals surface area (Å²) >= 11 is 0. The molecule has 0 aromatic heterocycles. The molecule has 2 N–H and O–H groups in total. The predicted molar refractivity (Wildman–Crippen MR) is 27.5 cm³/mol. The molecule has 0 bridgehead atoms. The molecular formula is C5H6NO2. The summed E-state index contributed by atoms with van der Waals surface area (Å²) < 4.78 is 0. The first kappa shape index (κ1) is 5.35. The highest BCUT2D eigenvalue weighted by atomic mass is 16.3. The summed E-state index contributed by atoms with van der Waals surface area (Å²) in [6.07, 6.45) is 0.882. The molecule has 1 radical (unpaired) electrons. The van der Waals surface area contributed by atoms with Crippen molar-refractivity contribution in [1.82, 2.24) is 5.32 Å². The second-order valence-electron chi connectivity index (χ2n) is 1.58. The summed E-state index contributed by atoms with van der Waals surface area (Å²) in [5.74, 6) is 1.59. The van der Waals surface area contributed by atoms with Gasteiger partial charge in [-0.15, -0.1) is 0 Å². The van der Waals surface area contributed by atoms with Crippen LogP contribution in [0.15, 0.2) is 5.70 Å². The van der Waals surface area contributed by atoms with Gasteiger partial charge in [0.25, 0.3) is 0 Å². The van der Waals surface area contributed by atoms with Gasteiger partial charge in [0.15, 0.2) is 0 Å². The Hall–Kier alpha value is -0.790. The predicted octanol–water partition coefficient (Wildman–Crippen LogP) is -1.13. The van der Waals surface area contributed by atoms with E-state index in [0.717, 1.165) is 0 Å². The zero-order valence-electron chi connectivity index (χ0n) is 4.22. The molecule has 0 spiro atoms. The minimum atomic E-state index is -0.715. The molecule has 1 saturated heterocycles. The highest BCUT2D eigenvalue weighted by Crippen LogP contribution is 2.04. The van der Waals surface area contributed by atoms with Crippen LogP contribution < -0.4 is 5.32 Å². The second kappa shape index (κ2) is 1.99. The lowest BCUT2D eigenvalue weighted by atomic mass is 10.3. The van der Waals surface area contributed by atoms with Crippen LogP contribution >= 0.6 is 0 Å². The molecule has 3 heteroatoms. The van der Waals surface area contributed by atoms with Gasteiger partial charge in [0.05, 0.1) is 0 Å². The van der Waals surface area contributed by atoms with Gasteiger partial charge in [0.1, 0.15) is 17.7 Å². The largest absolute Gasteiger partial charge is 0.386 e. The van der Waals surface area contributed by atoms with E-state index in [0.29, 0.717) is 6.54 Å². The van der Waals surface area contributed by atoms with E-state index in [-0.39, 0.29) is 5.70 Å². The normalized spacial score (nSPS) is 27.1. The molecule has 1 aliphatic heterocycles. The van der Waals surface area contributed by atoms with Crippen molar-refractivity contribution in [2.45, 2.75) is 6.10 Å². The van der Waals surface area contributed by atoms with Gasteiger partial charge < -0.3 is 10.4 Å². The monoisotopic (exact) mass is 112 g/mol. The summed E-state index contributed by atoms with van der Waals surface area (Å²) in [5.41, 5.74) is 0.241. The quantitative estimate of drug-likeness (QED) is 0.390. The lowest BCUT2D eigenvalue weighted by molar-refractivity contribution is 0.253. The smallest absolute Gasteiger partial charge is 0.148 e. The van der Waals surface area contributed by atoms with Gasteiger partial charge in [-0.1, -0.05) is 0 Å². The lowest BCUT2D eigenvalue weighted by Crippen LogP contribution is -2.10. The van der Waals surface area contributed by atoms with E-state index in [2.05, 4.69) is 5.32 Å². The number of hydrogen-bond donors (Lipinski definition) is 2. The van der Waals surface area contributed by atoms with E-state index in [1.54, 1.807) is 12.4 Å². The second-order valence-corrected chi connectivity index (χ2v) is 1.58. The van der Waals surface area contributed by atoms with Gasteiger partial charge in [-0.05, 0) is 0 Å². The SMILES string of the molecule is O=C=C1NC[CH]C1O. The Morgan fingerprint density at radius 1 is 2.00 bits per heavy atom. The minimum Gasteiger partial charge on any atom is -0.386 e. The van der Waals surface area contributed by atoms with Gasteiger partial charge in [0, 0.05) is 13.0 Å². The molecule has 0 saturated carbocycles. The van der Waals surface area contributed by atoms with Crippen LogP contribution in [0, 0.1) is 6.42 Å². The fraction of sp³-hybridized carbons (Fsp3) is 0.400. The Labute approximate surface area is 47.0 Å². The Kier molecular flexibility index (Phi) is 1.33. The number of carbonyl (C=O) groups excluding carboxylic acids is 1. The highest BCUT2D eigenvalue weighted by Gasteiger charge is 2.17. The van der Waals surface area contributed by atoms with Crippen molar-refractivity contribution in [3.63, 3.8) is 0 Å². The number of aliphatic hydroxyl groups is 1. The molecule has 43 valence electrons. The summed E-state index contributed by atoms with van der Waals surface area (Å²) in [6, 6.07) is 0. The number of nitrogens with one attached hydrogen (secondary N) is 1. The van der Waals surface area contributed by atoms with Crippen LogP contribution in [0.5, 0.6) is 0 Å². The molecule has 0 aromatic carbocycles. The highest BCUT2D eigenvalue weighted by molar-refractivity contribution is 5.55. The summed E-state index contributed by atoms with van der Waals surface area (Å²) in [7, 11) is 0. The molecule has 0 aliphatic carbocycles. The Morgan fingerprint density at radius 3 is 3.00 bits per heavy atom. The van der Waals surface area contributed by atoms with Crippen molar-refractivity contribution in [1.29, 1.82) is 0 Å². The van der Waals surface area contributed by atoms with Crippen LogP contribution in [0.25, 0.3) is 0 Å². The third-order valence-electron chi connectivity index (χ3n) is 1.04. The number of hydrogen-bond acceptors (Lipinski definition) is 3. The van der Waals surface area contributed by atoms with Crippen molar-refractivity contribution >= 4 is 5.94 Å². The maximum absolute atomic E-state index is 9.81. The third-order valence-corrected chi connectivity index (χ3v) is 1.04. The molecule has 1 unspecified atom stereocenters. The molecule has 1 fully saturated rings. The average Bonchev–Trinajstić information content (AvgIpc) is 2.14. The first-order valence-corrected chi connectivity index (χ1v) is 2.35. The van der Waals surface area contributed by atoms with Crippen molar-refractivity contribution in [2.24, 2.45) is 0 Å². The maximum atomic E-state index is 9.81. The summed E-state index contributed by atoms with van der Waals surface area (Å²) in [6.45, 7) is 0.561. The van der Waals surface area contributed by atoms with E-state index in [1.165, 1.54) is 0 Å². The van der Waals surface area contributed by atoms with Crippen molar-refractivity contribution in [2.75, 3.05) is 6.54 Å². The lowest BCUT2D eigenvalue weighted by Gasteiger charge is -1.93. The number of rotatable bonds is 0. The van der Waals surface area contributed by atoms with Crippen LogP contribution in [0.2, 0.25) is 0 Å². The van der Waals surface area contributed by atoms with Gasteiger partial charge in [-0.2, -0.15) is 0 Å². The fourth-order valence-electron chi connectivity index (χ4n) is 0.599. The van der Waals surface area contributed by atoms with Crippen LogP contribution in [-0.4, -0.2) is 23.7 Å². The van der Waals surface area contributed by atoms with Gasteiger partial charge in [-0.25, -0.2) is 4.79 Å². The zero-order valence-corrected chi connectivity index (χ0v) is 4.22. The van der Waals surface area contributed by atoms with Crippen molar-refractivity contribution in [3.8, 4) is 0 Å². The summed E-state index contributed by atoms with van der Waals surface area (Å²) in [5, 5.41) is 11.4. The molecule has 1 rings (SSSR count). The maximum Gasteiger partial charge on any atom is 0.148 e. The van der Waals surface area contributed by atoms with E-state index < -0.39 is 6.10 Å². The van der Waals surface area contributed by atoms with E-state index in [4.69, 9.17) is 5.11 Å². The molecule has 0 amide bonds. The van der Waals surface area contributed by atoms with Crippen molar-refractivity contribution in [3.05, 3.63) is 12.1 Å². The molecule has 1 atom stereocenters. The molecule has 8 heavy (non-hydrogen) atoms. The molecule has 1 aliphatic rings. The molecule has 0 aromatic rings. The van der Waals surface area contributed by atoms with Gasteiger partial charge in [-0.3, -0.25) is 0 Å². The third kappa shape index (κ3) is 0.735. The molecule has 3 nitrogen and oxygen atoms in total. The topological polar surface area (TPSA) is 49.3 Å². The van der Waals surface area contributed by atoms with Gasteiger partial charge >= 0.3 is 0 Å². The average molecular weight is 112 g/mol. The van der Waals surface area contributed by atoms with Crippen molar-refractivity contribution < 1.29 is 9.90 Å². The van der Waals surface area contributed by atoms with Gasteiger partial charge in [0.2, 0.25) is 0 Å². The van der Waals surface area contributed by atoms with E-state index in [1.807, 2.05) is 0 Å². The molecular weight excluding hydrogens is 106 g/mol. The first-order valence-electron chi connectivity index (χ1n) is 2.35. The summed E-state index contributed by atoms with van der Waals surface area (Å²) in [4.78, 5) is 9.81. The Bertz CT molecular complexity index is 137. The first-order chi connectivity index (χ1) is 3.84. The fourth-order valence-corrected chi connectivity index (χ4v) is 0.599. The van der Waals surface area contributed by atoms with Crippen LogP contribution in [0.3, 0.4) is 0 Å². The van der Waals surface area contributed by atoms with E-state index >= 15 is 0 Å². The standard InChI is InChI=1S/C5H6NO2/c7-3-4-5(8)1-2-6-4/h1,5-6,8H,2H2. The zero-order chi connectivity index (χ0) is 5.98. The number of aliphatic hydroxyl groups excluding tert-OH is 1. The van der Waals surface area contributed by atoms with E-state index in [9.17, 15) is 4.79 Å². The minimum absolute atomic E-state index is 0.241. The Morgan fingerprint density at radius 2 is 2.75 bits per heavy atom.